The van der Waals surface area contributed by atoms with Crippen molar-refractivity contribution in [1.29, 1.82) is 5.26 Å². The lowest BCUT2D eigenvalue weighted by molar-refractivity contribution is -0.127. The van der Waals surface area contributed by atoms with Crippen LogP contribution in [0.5, 0.6) is 0 Å². The van der Waals surface area contributed by atoms with Crippen molar-refractivity contribution in [2.45, 2.75) is 32.7 Å². The van der Waals surface area contributed by atoms with E-state index in [9.17, 15) is 4.79 Å². The van der Waals surface area contributed by atoms with Gasteiger partial charge in [-0.25, -0.2) is 0 Å². The molecule has 1 N–H and O–H groups in total. The van der Waals surface area contributed by atoms with Gasteiger partial charge in [0, 0.05) is 12.0 Å². The zero-order chi connectivity index (χ0) is 16.9. The van der Waals surface area contributed by atoms with Crippen LogP contribution >= 0.6 is 0 Å². The molecule has 0 bridgehead atoms. The maximum atomic E-state index is 12.3. The van der Waals surface area contributed by atoms with Crippen molar-refractivity contribution in [3.8, 4) is 6.07 Å². The van der Waals surface area contributed by atoms with Crippen molar-refractivity contribution in [2.75, 3.05) is 0 Å². The van der Waals surface area contributed by atoms with E-state index in [0.29, 0.717) is 0 Å². The Balaban J connectivity index is 2.32. The Morgan fingerprint density at radius 2 is 1.43 bits per heavy atom. The molecule has 0 aliphatic heterocycles. The maximum Gasteiger partial charge on any atom is 0.240 e. The number of hydrogen-bond donors (Lipinski definition) is 1. The number of amides is 1. The standard InChI is InChI=1S/C20H22N2O/c1-15(22-19(23)20(2,3)14-21)18(16-10-6-4-7-11-16)17-12-8-5-9-13-17/h4-13,15,18H,1-3H3,(H,22,23). The van der Waals surface area contributed by atoms with Crippen LogP contribution in [0.15, 0.2) is 60.7 Å². The fourth-order valence-electron chi connectivity index (χ4n) is 2.61. The van der Waals surface area contributed by atoms with Gasteiger partial charge in [-0.3, -0.25) is 4.79 Å². The minimum absolute atomic E-state index is 0.0378. The minimum atomic E-state index is -1.04. The molecule has 2 aromatic rings. The van der Waals surface area contributed by atoms with Crippen LogP contribution in [0.3, 0.4) is 0 Å². The van der Waals surface area contributed by atoms with E-state index >= 15 is 0 Å². The van der Waals surface area contributed by atoms with E-state index in [-0.39, 0.29) is 17.9 Å². The molecule has 2 aromatic carbocycles. The highest BCUT2D eigenvalue weighted by Gasteiger charge is 2.31. The van der Waals surface area contributed by atoms with E-state index in [4.69, 9.17) is 5.26 Å². The van der Waals surface area contributed by atoms with Gasteiger partial charge in [-0.15, -0.1) is 0 Å². The van der Waals surface area contributed by atoms with Gasteiger partial charge >= 0.3 is 0 Å². The molecule has 0 radical (unpaired) electrons. The second-order valence-corrected chi connectivity index (χ2v) is 6.30. The second-order valence-electron chi connectivity index (χ2n) is 6.30. The molecular weight excluding hydrogens is 284 g/mol. The number of carbonyl (C=O) groups excluding carboxylic acids is 1. The quantitative estimate of drug-likeness (QED) is 0.911. The number of nitrogens with zero attached hydrogens (tertiary/aromatic N) is 1. The highest BCUT2D eigenvalue weighted by atomic mass is 16.2. The Hall–Kier alpha value is -2.60. The average Bonchev–Trinajstić information content (AvgIpc) is 2.57. The Kier molecular flexibility index (Phi) is 5.18. The molecule has 23 heavy (non-hydrogen) atoms. The third-order valence-electron chi connectivity index (χ3n) is 4.02. The van der Waals surface area contributed by atoms with Crippen LogP contribution in [0.4, 0.5) is 0 Å². The lowest BCUT2D eigenvalue weighted by Gasteiger charge is -2.28. The fourth-order valence-corrected chi connectivity index (χ4v) is 2.61. The number of hydrogen-bond acceptors (Lipinski definition) is 2. The first-order valence-electron chi connectivity index (χ1n) is 7.78. The smallest absolute Gasteiger partial charge is 0.240 e. The van der Waals surface area contributed by atoms with Crippen molar-refractivity contribution in [1.82, 2.24) is 5.32 Å². The molecule has 0 aromatic heterocycles. The molecule has 2 rings (SSSR count). The van der Waals surface area contributed by atoms with E-state index in [1.165, 1.54) is 0 Å². The molecule has 3 heteroatoms. The summed E-state index contributed by atoms with van der Waals surface area (Å²) < 4.78 is 0. The van der Waals surface area contributed by atoms with Gasteiger partial charge in [-0.05, 0) is 31.9 Å². The summed E-state index contributed by atoms with van der Waals surface area (Å²) >= 11 is 0. The Bertz CT molecular complexity index is 647. The molecule has 0 saturated heterocycles. The van der Waals surface area contributed by atoms with Crippen LogP contribution in [0.25, 0.3) is 0 Å². The Morgan fingerprint density at radius 1 is 1.00 bits per heavy atom. The van der Waals surface area contributed by atoms with E-state index in [1.54, 1.807) is 13.8 Å². The molecule has 0 aliphatic carbocycles. The third-order valence-corrected chi connectivity index (χ3v) is 4.02. The topological polar surface area (TPSA) is 52.9 Å². The first kappa shape index (κ1) is 16.8. The Labute approximate surface area is 138 Å². The summed E-state index contributed by atoms with van der Waals surface area (Å²) in [5, 5.41) is 12.1. The lowest BCUT2D eigenvalue weighted by Crippen LogP contribution is -2.43. The van der Waals surface area contributed by atoms with Gasteiger partial charge in [0.05, 0.1) is 6.07 Å². The van der Waals surface area contributed by atoms with Crippen LogP contribution in [0, 0.1) is 16.7 Å². The third kappa shape index (κ3) is 3.98. The summed E-state index contributed by atoms with van der Waals surface area (Å²) in [6.07, 6.45) is 0. The van der Waals surface area contributed by atoms with Crippen LogP contribution < -0.4 is 5.32 Å². The summed E-state index contributed by atoms with van der Waals surface area (Å²) in [7, 11) is 0. The molecule has 1 amide bonds. The van der Waals surface area contributed by atoms with Crippen molar-refractivity contribution >= 4 is 5.91 Å². The predicted molar refractivity (Wildman–Crippen MR) is 91.7 cm³/mol. The SMILES string of the molecule is CC(NC(=O)C(C)(C)C#N)C(c1ccccc1)c1ccccc1. The molecular formula is C20H22N2O. The first-order chi connectivity index (χ1) is 11.0. The number of nitrogens with one attached hydrogen (secondary N) is 1. The number of rotatable bonds is 5. The normalized spacial score (nSPS) is 12.5. The van der Waals surface area contributed by atoms with Crippen LogP contribution in [0.1, 0.15) is 37.8 Å². The van der Waals surface area contributed by atoms with Crippen LogP contribution in [-0.2, 0) is 4.79 Å². The largest absolute Gasteiger partial charge is 0.351 e. The zero-order valence-corrected chi connectivity index (χ0v) is 13.8. The predicted octanol–water partition coefficient (Wildman–Crippen LogP) is 3.87. The summed E-state index contributed by atoms with van der Waals surface area (Å²) in [5.74, 6) is -0.208. The molecule has 0 saturated carbocycles. The van der Waals surface area contributed by atoms with E-state index in [0.717, 1.165) is 11.1 Å². The molecule has 0 aliphatic rings. The molecule has 1 atom stereocenters. The first-order valence-corrected chi connectivity index (χ1v) is 7.78. The van der Waals surface area contributed by atoms with Gasteiger partial charge in [0.1, 0.15) is 5.41 Å². The van der Waals surface area contributed by atoms with Crippen LogP contribution in [-0.4, -0.2) is 11.9 Å². The number of benzene rings is 2. The van der Waals surface area contributed by atoms with Gasteiger partial charge in [0.25, 0.3) is 0 Å². The summed E-state index contributed by atoms with van der Waals surface area (Å²) in [5.41, 5.74) is 1.24. The zero-order valence-electron chi connectivity index (χ0n) is 13.8. The van der Waals surface area contributed by atoms with E-state index in [2.05, 4.69) is 35.7 Å². The van der Waals surface area contributed by atoms with Gasteiger partial charge in [-0.1, -0.05) is 60.7 Å². The van der Waals surface area contributed by atoms with Crippen molar-refractivity contribution in [2.24, 2.45) is 5.41 Å². The molecule has 0 spiro atoms. The van der Waals surface area contributed by atoms with Crippen molar-refractivity contribution in [3.05, 3.63) is 71.8 Å². The molecule has 1 unspecified atom stereocenters. The molecule has 0 heterocycles. The summed E-state index contributed by atoms with van der Waals surface area (Å²) in [6, 6.07) is 22.1. The molecule has 118 valence electrons. The van der Waals surface area contributed by atoms with Gasteiger partial charge in [-0.2, -0.15) is 5.26 Å². The highest BCUT2D eigenvalue weighted by molar-refractivity contribution is 5.84. The van der Waals surface area contributed by atoms with Crippen molar-refractivity contribution in [3.63, 3.8) is 0 Å². The van der Waals surface area contributed by atoms with Gasteiger partial charge < -0.3 is 5.32 Å². The van der Waals surface area contributed by atoms with Crippen molar-refractivity contribution < 1.29 is 4.79 Å². The maximum absolute atomic E-state index is 12.3. The average molecular weight is 306 g/mol. The monoisotopic (exact) mass is 306 g/mol. The summed E-state index contributed by atoms with van der Waals surface area (Å²) in [4.78, 5) is 12.3. The second kappa shape index (κ2) is 7.11. The number of nitriles is 1. The highest BCUT2D eigenvalue weighted by Crippen LogP contribution is 2.28. The number of carbonyl (C=O) groups is 1. The van der Waals surface area contributed by atoms with Gasteiger partial charge in [0.2, 0.25) is 5.91 Å². The lowest BCUT2D eigenvalue weighted by atomic mass is 9.85. The molecule has 3 nitrogen and oxygen atoms in total. The fraction of sp³-hybridized carbons (Fsp3) is 0.300. The van der Waals surface area contributed by atoms with E-state index in [1.807, 2.05) is 43.3 Å². The van der Waals surface area contributed by atoms with Crippen LogP contribution in [0.2, 0.25) is 0 Å². The minimum Gasteiger partial charge on any atom is -0.351 e. The Morgan fingerprint density at radius 3 is 1.83 bits per heavy atom. The summed E-state index contributed by atoms with van der Waals surface area (Å²) in [6.45, 7) is 5.25. The van der Waals surface area contributed by atoms with Gasteiger partial charge in [0.15, 0.2) is 0 Å². The molecule has 0 fully saturated rings. The van der Waals surface area contributed by atoms with E-state index < -0.39 is 5.41 Å².